The number of ether oxygens (including phenoxy) is 1. The molecule has 1 amide bonds. The lowest BCUT2D eigenvalue weighted by Crippen LogP contribution is -2.40. The molecule has 3 heteroatoms. The molecule has 0 aromatic heterocycles. The number of aryl methyl sites for hydroxylation is 2. The van der Waals surface area contributed by atoms with Gasteiger partial charge in [0.2, 0.25) is 0 Å². The number of carbonyl (C=O) groups is 1. The van der Waals surface area contributed by atoms with Crippen LogP contribution in [-0.2, 0) is 10.2 Å². The van der Waals surface area contributed by atoms with Crippen molar-refractivity contribution in [3.05, 3.63) is 64.7 Å². The van der Waals surface area contributed by atoms with Gasteiger partial charge >= 0.3 is 0 Å². The second kappa shape index (κ2) is 9.27. The number of rotatable bonds is 7. The molecule has 0 saturated heterocycles. The molecule has 152 valence electrons. The Morgan fingerprint density at radius 2 is 1.61 bits per heavy atom. The molecule has 0 aliphatic carbocycles. The van der Waals surface area contributed by atoms with Crippen LogP contribution in [-0.4, -0.2) is 12.0 Å². The highest BCUT2D eigenvalue weighted by Gasteiger charge is 2.22. The SMILES string of the molecule is CC[C@@H](Oc1ccc(C(C)(C)C)cc1)C(=O)N[C@H](CC)c1ccc(C)c(C)c1. The van der Waals surface area contributed by atoms with Crippen molar-refractivity contribution < 1.29 is 9.53 Å². The summed E-state index contributed by atoms with van der Waals surface area (Å²) in [5, 5.41) is 3.17. The summed E-state index contributed by atoms with van der Waals surface area (Å²) in [5.41, 5.74) is 4.99. The highest BCUT2D eigenvalue weighted by molar-refractivity contribution is 5.81. The van der Waals surface area contributed by atoms with Crippen LogP contribution >= 0.6 is 0 Å². The molecule has 2 aromatic carbocycles. The van der Waals surface area contributed by atoms with Crippen molar-refractivity contribution in [1.82, 2.24) is 5.32 Å². The molecule has 0 fully saturated rings. The number of carbonyl (C=O) groups excluding carboxylic acids is 1. The Hall–Kier alpha value is -2.29. The van der Waals surface area contributed by atoms with Crippen LogP contribution in [0.15, 0.2) is 42.5 Å². The lowest BCUT2D eigenvalue weighted by Gasteiger charge is -2.23. The molecule has 2 atom stereocenters. The Bertz CT molecular complexity index is 787. The molecule has 0 unspecified atom stereocenters. The van der Waals surface area contributed by atoms with Gasteiger partial charge in [-0.2, -0.15) is 0 Å². The third kappa shape index (κ3) is 5.60. The van der Waals surface area contributed by atoms with Gasteiger partial charge < -0.3 is 10.1 Å². The number of hydrogen-bond acceptors (Lipinski definition) is 2. The van der Waals surface area contributed by atoms with Crippen molar-refractivity contribution in [1.29, 1.82) is 0 Å². The van der Waals surface area contributed by atoms with Crippen molar-refractivity contribution in [2.45, 2.75) is 78.9 Å². The van der Waals surface area contributed by atoms with E-state index in [9.17, 15) is 4.79 Å². The van der Waals surface area contributed by atoms with Gasteiger partial charge in [0.1, 0.15) is 5.75 Å². The Balaban J connectivity index is 2.08. The Kier molecular flexibility index (Phi) is 7.29. The molecule has 0 heterocycles. The van der Waals surface area contributed by atoms with E-state index >= 15 is 0 Å². The summed E-state index contributed by atoms with van der Waals surface area (Å²) in [6, 6.07) is 14.4. The second-order valence-electron chi connectivity index (χ2n) is 8.60. The van der Waals surface area contributed by atoms with Crippen molar-refractivity contribution in [2.24, 2.45) is 0 Å². The maximum absolute atomic E-state index is 12.9. The van der Waals surface area contributed by atoms with E-state index in [2.05, 4.69) is 77.2 Å². The van der Waals surface area contributed by atoms with Crippen LogP contribution in [0.1, 0.15) is 75.8 Å². The third-order valence-corrected chi connectivity index (χ3v) is 5.32. The highest BCUT2D eigenvalue weighted by atomic mass is 16.5. The number of nitrogens with one attached hydrogen (secondary N) is 1. The largest absolute Gasteiger partial charge is 0.481 e. The van der Waals surface area contributed by atoms with Gasteiger partial charge in [0.25, 0.3) is 5.91 Å². The van der Waals surface area contributed by atoms with E-state index in [0.29, 0.717) is 6.42 Å². The lowest BCUT2D eigenvalue weighted by molar-refractivity contribution is -0.128. The minimum absolute atomic E-state index is 0.00674. The summed E-state index contributed by atoms with van der Waals surface area (Å²) in [7, 11) is 0. The zero-order valence-electron chi connectivity index (χ0n) is 18.4. The van der Waals surface area contributed by atoms with Crippen molar-refractivity contribution in [3.8, 4) is 5.75 Å². The number of amides is 1. The minimum Gasteiger partial charge on any atom is -0.481 e. The van der Waals surface area contributed by atoms with E-state index in [1.165, 1.54) is 16.7 Å². The van der Waals surface area contributed by atoms with Gasteiger partial charge in [0.15, 0.2) is 6.10 Å². The van der Waals surface area contributed by atoms with Crippen LogP contribution in [0.4, 0.5) is 0 Å². The molecule has 2 aromatic rings. The number of benzene rings is 2. The molecule has 3 nitrogen and oxygen atoms in total. The molecule has 0 aliphatic rings. The van der Waals surface area contributed by atoms with Gasteiger partial charge in [0.05, 0.1) is 6.04 Å². The van der Waals surface area contributed by atoms with Crippen molar-refractivity contribution in [3.63, 3.8) is 0 Å². The molecule has 0 radical (unpaired) electrons. The first kappa shape index (κ1) is 22.0. The van der Waals surface area contributed by atoms with E-state index in [-0.39, 0.29) is 17.4 Å². The van der Waals surface area contributed by atoms with Crippen LogP contribution < -0.4 is 10.1 Å². The van der Waals surface area contributed by atoms with Crippen LogP contribution in [0.25, 0.3) is 0 Å². The monoisotopic (exact) mass is 381 g/mol. The Labute approximate surface area is 170 Å². The molecular formula is C25H35NO2. The molecule has 1 N–H and O–H groups in total. The predicted molar refractivity (Wildman–Crippen MR) is 117 cm³/mol. The summed E-state index contributed by atoms with van der Waals surface area (Å²) in [4.78, 5) is 12.9. The second-order valence-corrected chi connectivity index (χ2v) is 8.60. The molecule has 28 heavy (non-hydrogen) atoms. The normalized spacial score (nSPS) is 13.7. The quantitative estimate of drug-likeness (QED) is 0.636. The minimum atomic E-state index is -0.499. The maximum Gasteiger partial charge on any atom is 0.261 e. The zero-order chi connectivity index (χ0) is 20.9. The predicted octanol–water partition coefficient (Wildman–Crippen LogP) is 6.03. The zero-order valence-corrected chi connectivity index (χ0v) is 18.4. The molecule has 0 bridgehead atoms. The van der Waals surface area contributed by atoms with Crippen LogP contribution in [0, 0.1) is 13.8 Å². The average Bonchev–Trinajstić information content (AvgIpc) is 2.66. The Morgan fingerprint density at radius 3 is 2.11 bits per heavy atom. The summed E-state index contributed by atoms with van der Waals surface area (Å²) in [6.45, 7) is 14.8. The standard InChI is InChI=1S/C25H35NO2/c1-8-22(19-11-10-17(3)18(4)16-19)26-24(27)23(9-2)28-21-14-12-20(13-15-21)25(5,6)7/h10-16,22-23H,8-9H2,1-7H3,(H,26,27)/t22-,23-/m1/s1. The molecule has 0 aliphatic heterocycles. The topological polar surface area (TPSA) is 38.3 Å². The van der Waals surface area contributed by atoms with E-state index in [1.54, 1.807) is 0 Å². The summed E-state index contributed by atoms with van der Waals surface area (Å²) >= 11 is 0. The van der Waals surface area contributed by atoms with Gasteiger partial charge in [-0.15, -0.1) is 0 Å². The average molecular weight is 382 g/mol. The molecule has 2 rings (SSSR count). The van der Waals surface area contributed by atoms with Crippen molar-refractivity contribution >= 4 is 5.91 Å². The van der Waals surface area contributed by atoms with Gasteiger partial charge in [-0.3, -0.25) is 4.79 Å². The fraction of sp³-hybridized carbons (Fsp3) is 0.480. The fourth-order valence-corrected chi connectivity index (χ4v) is 3.19. The molecule has 0 saturated carbocycles. The van der Waals surface area contributed by atoms with E-state index in [4.69, 9.17) is 4.74 Å². The van der Waals surface area contributed by atoms with Crippen LogP contribution in [0.3, 0.4) is 0 Å². The lowest BCUT2D eigenvalue weighted by atomic mass is 9.87. The van der Waals surface area contributed by atoms with Gasteiger partial charge in [-0.05, 0) is 66.5 Å². The number of hydrogen-bond donors (Lipinski definition) is 1. The van der Waals surface area contributed by atoms with Gasteiger partial charge in [-0.1, -0.05) is 65.0 Å². The van der Waals surface area contributed by atoms with E-state index in [1.807, 2.05) is 19.1 Å². The smallest absolute Gasteiger partial charge is 0.261 e. The van der Waals surface area contributed by atoms with Crippen molar-refractivity contribution in [2.75, 3.05) is 0 Å². The highest BCUT2D eigenvalue weighted by Crippen LogP contribution is 2.25. The van der Waals surface area contributed by atoms with Crippen LogP contribution in [0.2, 0.25) is 0 Å². The maximum atomic E-state index is 12.9. The van der Waals surface area contributed by atoms with Gasteiger partial charge in [-0.25, -0.2) is 0 Å². The first-order valence-corrected chi connectivity index (χ1v) is 10.3. The summed E-state index contributed by atoms with van der Waals surface area (Å²) < 4.78 is 6.01. The summed E-state index contributed by atoms with van der Waals surface area (Å²) in [5.74, 6) is 0.668. The van der Waals surface area contributed by atoms with E-state index < -0.39 is 6.10 Å². The molecule has 0 spiro atoms. The van der Waals surface area contributed by atoms with Gasteiger partial charge in [0, 0.05) is 0 Å². The molecular weight excluding hydrogens is 346 g/mol. The third-order valence-electron chi connectivity index (χ3n) is 5.32. The fourth-order valence-electron chi connectivity index (χ4n) is 3.19. The van der Waals surface area contributed by atoms with E-state index in [0.717, 1.165) is 17.7 Å². The summed E-state index contributed by atoms with van der Waals surface area (Å²) in [6.07, 6.45) is 0.960. The Morgan fingerprint density at radius 1 is 0.964 bits per heavy atom. The first-order valence-electron chi connectivity index (χ1n) is 10.3. The van der Waals surface area contributed by atoms with Crippen LogP contribution in [0.5, 0.6) is 5.75 Å². The first-order chi connectivity index (χ1) is 13.2.